The van der Waals surface area contributed by atoms with Gasteiger partial charge in [0.05, 0.1) is 25.4 Å². The molecule has 0 spiro atoms. The van der Waals surface area contributed by atoms with E-state index in [1.54, 1.807) is 14.2 Å². The Kier molecular flexibility index (Phi) is 5.01. The van der Waals surface area contributed by atoms with Gasteiger partial charge in [-0.25, -0.2) is 0 Å². The molecule has 1 amide bonds. The molecule has 0 bridgehead atoms. The predicted octanol–water partition coefficient (Wildman–Crippen LogP) is 3.64. The third-order valence-corrected chi connectivity index (χ3v) is 5.21. The number of furan rings is 1. The third kappa shape index (κ3) is 3.63. The van der Waals surface area contributed by atoms with Crippen molar-refractivity contribution < 1.29 is 18.7 Å². The summed E-state index contributed by atoms with van der Waals surface area (Å²) in [5.41, 5.74) is 2.17. The number of piperidine rings is 1. The highest BCUT2D eigenvalue weighted by atomic mass is 16.5. The molecule has 1 N–H and O–H groups in total. The van der Waals surface area contributed by atoms with E-state index in [9.17, 15) is 4.79 Å². The fourth-order valence-corrected chi connectivity index (χ4v) is 3.71. The van der Waals surface area contributed by atoms with E-state index in [4.69, 9.17) is 13.9 Å². The Morgan fingerprint density at radius 1 is 1.15 bits per heavy atom. The van der Waals surface area contributed by atoms with Crippen LogP contribution in [0.15, 0.2) is 40.8 Å². The Bertz CT molecular complexity index is 957. The summed E-state index contributed by atoms with van der Waals surface area (Å²) in [6.07, 6.45) is 2.22. The third-order valence-electron chi connectivity index (χ3n) is 5.21. The van der Waals surface area contributed by atoms with Crippen molar-refractivity contribution >= 4 is 33.5 Å². The van der Waals surface area contributed by atoms with Gasteiger partial charge >= 0.3 is 0 Å². The van der Waals surface area contributed by atoms with Crippen molar-refractivity contribution in [3.8, 4) is 5.75 Å². The van der Waals surface area contributed by atoms with Crippen molar-refractivity contribution in [2.24, 2.45) is 0 Å². The average molecular weight is 368 g/mol. The maximum absolute atomic E-state index is 12.5. The summed E-state index contributed by atoms with van der Waals surface area (Å²) in [6, 6.07) is 11.6. The number of fused-ring (bicyclic) bond motifs is 3. The normalized spacial score (nSPS) is 16.1. The topological polar surface area (TPSA) is 63.9 Å². The molecule has 3 aromatic rings. The summed E-state index contributed by atoms with van der Waals surface area (Å²) in [6.45, 7) is 2.09. The summed E-state index contributed by atoms with van der Waals surface area (Å²) in [7, 11) is 3.35. The molecule has 1 aliphatic rings. The van der Waals surface area contributed by atoms with E-state index in [0.717, 1.165) is 47.9 Å². The minimum absolute atomic E-state index is 0.0559. The number of anilines is 1. The van der Waals surface area contributed by atoms with E-state index in [1.165, 1.54) is 0 Å². The van der Waals surface area contributed by atoms with Crippen LogP contribution in [0.3, 0.4) is 0 Å². The lowest BCUT2D eigenvalue weighted by Gasteiger charge is -2.30. The Morgan fingerprint density at radius 3 is 2.67 bits per heavy atom. The van der Waals surface area contributed by atoms with Crippen LogP contribution in [-0.2, 0) is 9.53 Å². The minimum atomic E-state index is -0.0559. The molecule has 27 heavy (non-hydrogen) atoms. The van der Waals surface area contributed by atoms with E-state index in [-0.39, 0.29) is 5.91 Å². The number of rotatable bonds is 5. The molecule has 142 valence electrons. The van der Waals surface area contributed by atoms with Crippen molar-refractivity contribution in [1.82, 2.24) is 4.90 Å². The quantitative estimate of drug-likeness (QED) is 0.745. The molecule has 6 nitrogen and oxygen atoms in total. The first-order valence-electron chi connectivity index (χ1n) is 9.22. The summed E-state index contributed by atoms with van der Waals surface area (Å²) in [5.74, 6) is 0.570. The van der Waals surface area contributed by atoms with Gasteiger partial charge in [0.15, 0.2) is 0 Å². The van der Waals surface area contributed by atoms with E-state index >= 15 is 0 Å². The Labute approximate surface area is 158 Å². The van der Waals surface area contributed by atoms with Crippen LogP contribution >= 0.6 is 0 Å². The maximum Gasteiger partial charge on any atom is 0.238 e. The lowest BCUT2D eigenvalue weighted by Crippen LogP contribution is -2.41. The lowest BCUT2D eigenvalue weighted by molar-refractivity contribution is -0.117. The van der Waals surface area contributed by atoms with Crippen LogP contribution in [0, 0.1) is 0 Å². The van der Waals surface area contributed by atoms with Crippen LogP contribution in [0.2, 0.25) is 0 Å². The molecule has 1 saturated heterocycles. The number of methoxy groups -OCH3 is 2. The molecule has 1 aromatic heterocycles. The summed E-state index contributed by atoms with van der Waals surface area (Å²) in [5, 5.41) is 4.98. The first-order chi connectivity index (χ1) is 13.2. The van der Waals surface area contributed by atoms with Gasteiger partial charge in [0, 0.05) is 37.0 Å². The second-order valence-electron chi connectivity index (χ2n) is 6.91. The molecule has 0 unspecified atom stereocenters. The molecule has 4 rings (SSSR count). The summed E-state index contributed by atoms with van der Waals surface area (Å²) in [4.78, 5) is 14.7. The van der Waals surface area contributed by atoms with Crippen LogP contribution in [-0.4, -0.2) is 50.8 Å². The van der Waals surface area contributed by atoms with Gasteiger partial charge < -0.3 is 19.2 Å². The van der Waals surface area contributed by atoms with Gasteiger partial charge in [-0.1, -0.05) is 18.2 Å². The molecule has 1 aliphatic heterocycles. The zero-order valence-electron chi connectivity index (χ0n) is 15.7. The molecule has 0 aliphatic carbocycles. The number of nitrogens with one attached hydrogen (secondary N) is 1. The fourth-order valence-electron chi connectivity index (χ4n) is 3.71. The van der Waals surface area contributed by atoms with Crippen LogP contribution in [0.5, 0.6) is 5.75 Å². The molecule has 2 aromatic carbocycles. The number of amides is 1. The number of carbonyl (C=O) groups excluding carboxylic acids is 1. The number of likely N-dealkylation sites (tertiary alicyclic amines) is 1. The predicted molar refractivity (Wildman–Crippen MR) is 105 cm³/mol. The van der Waals surface area contributed by atoms with Crippen LogP contribution < -0.4 is 10.1 Å². The molecule has 6 heteroatoms. The van der Waals surface area contributed by atoms with Gasteiger partial charge in [0.2, 0.25) is 5.91 Å². The monoisotopic (exact) mass is 368 g/mol. The van der Waals surface area contributed by atoms with Gasteiger partial charge in [0.1, 0.15) is 16.9 Å². The van der Waals surface area contributed by atoms with Gasteiger partial charge in [-0.3, -0.25) is 9.69 Å². The van der Waals surface area contributed by atoms with Crippen molar-refractivity contribution in [3.63, 3.8) is 0 Å². The summed E-state index contributed by atoms with van der Waals surface area (Å²) < 4.78 is 16.8. The number of nitrogens with zero attached hydrogens (tertiary/aromatic N) is 1. The molecule has 2 heterocycles. The second kappa shape index (κ2) is 7.58. The average Bonchev–Trinajstić information content (AvgIpc) is 3.05. The first kappa shape index (κ1) is 17.8. The SMILES string of the molecule is COc1cc2c(cc1NC(=O)CN1CCC(OC)CC1)oc1ccccc12. The lowest BCUT2D eigenvalue weighted by atomic mass is 10.1. The van der Waals surface area contributed by atoms with Gasteiger partial charge in [-0.15, -0.1) is 0 Å². The highest BCUT2D eigenvalue weighted by Gasteiger charge is 2.21. The van der Waals surface area contributed by atoms with Gasteiger partial charge in [-0.05, 0) is 25.0 Å². The highest BCUT2D eigenvalue weighted by Crippen LogP contribution is 2.36. The molecular weight excluding hydrogens is 344 g/mol. The Hall–Kier alpha value is -2.57. The first-order valence-corrected chi connectivity index (χ1v) is 9.22. The van der Waals surface area contributed by atoms with E-state index in [0.29, 0.717) is 24.1 Å². The van der Waals surface area contributed by atoms with Crippen LogP contribution in [0.1, 0.15) is 12.8 Å². The highest BCUT2D eigenvalue weighted by molar-refractivity contribution is 6.07. The Morgan fingerprint density at radius 2 is 1.93 bits per heavy atom. The second-order valence-corrected chi connectivity index (χ2v) is 6.91. The van der Waals surface area contributed by atoms with Gasteiger partial charge in [0.25, 0.3) is 0 Å². The van der Waals surface area contributed by atoms with Crippen LogP contribution in [0.25, 0.3) is 21.9 Å². The number of carbonyl (C=O) groups is 1. The van der Waals surface area contributed by atoms with Crippen LogP contribution in [0.4, 0.5) is 5.69 Å². The summed E-state index contributed by atoms with van der Waals surface area (Å²) >= 11 is 0. The Balaban J connectivity index is 1.52. The molecule has 0 radical (unpaired) electrons. The zero-order chi connectivity index (χ0) is 18.8. The molecular formula is C21H24N2O4. The number of para-hydroxylation sites is 1. The number of benzene rings is 2. The standard InChI is InChI=1S/C21H24N2O4/c1-25-14-7-9-23(10-8-14)13-21(24)22-17-12-19-16(11-20(17)26-2)15-5-3-4-6-18(15)27-19/h3-6,11-12,14H,7-10,13H2,1-2H3,(H,22,24). The van der Waals surface area contributed by atoms with Gasteiger partial charge in [-0.2, -0.15) is 0 Å². The smallest absolute Gasteiger partial charge is 0.238 e. The molecule has 0 saturated carbocycles. The molecule has 0 atom stereocenters. The number of hydrogen-bond acceptors (Lipinski definition) is 5. The van der Waals surface area contributed by atoms with Crippen molar-refractivity contribution in [1.29, 1.82) is 0 Å². The maximum atomic E-state index is 12.5. The molecule has 1 fully saturated rings. The van der Waals surface area contributed by atoms with Crippen molar-refractivity contribution in [3.05, 3.63) is 36.4 Å². The number of hydrogen-bond donors (Lipinski definition) is 1. The zero-order valence-corrected chi connectivity index (χ0v) is 15.7. The van der Waals surface area contributed by atoms with E-state index in [1.807, 2.05) is 36.4 Å². The van der Waals surface area contributed by atoms with E-state index < -0.39 is 0 Å². The number of ether oxygens (including phenoxy) is 2. The largest absolute Gasteiger partial charge is 0.495 e. The van der Waals surface area contributed by atoms with Crippen molar-refractivity contribution in [2.45, 2.75) is 18.9 Å². The van der Waals surface area contributed by atoms with E-state index in [2.05, 4.69) is 10.2 Å². The minimum Gasteiger partial charge on any atom is -0.495 e. The van der Waals surface area contributed by atoms with Crippen molar-refractivity contribution in [2.75, 3.05) is 39.2 Å². The fraction of sp³-hybridized carbons (Fsp3) is 0.381.